The van der Waals surface area contributed by atoms with Crippen LogP contribution in [0.4, 0.5) is 0 Å². The number of carboxylic acid groups (broad SMARTS) is 2. The van der Waals surface area contributed by atoms with Gasteiger partial charge in [-0.15, -0.1) is 0 Å². The van der Waals surface area contributed by atoms with E-state index >= 15 is 0 Å². The molecule has 1 fully saturated rings. The predicted octanol–water partition coefficient (Wildman–Crippen LogP) is -8.09. The summed E-state index contributed by atoms with van der Waals surface area (Å²) < 4.78 is 0. The maximum absolute atomic E-state index is 10.2. The van der Waals surface area contributed by atoms with E-state index in [9.17, 15) is 19.8 Å². The Labute approximate surface area is 162 Å². The summed E-state index contributed by atoms with van der Waals surface area (Å²) in [5.74, 6) is -3.46. The number of rotatable bonds is 2. The maximum Gasteiger partial charge on any atom is 1.00 e. The fourth-order valence-corrected chi connectivity index (χ4v) is 1.41. The van der Waals surface area contributed by atoms with E-state index in [2.05, 4.69) is 0 Å². The van der Waals surface area contributed by atoms with Crippen LogP contribution >= 0.6 is 0 Å². The standard InChI is InChI=1S/C7H10O4.2K/c8-6(9)4-1-2-5(3-4)7(10)11;;/h4-5H,1-3H2,(H,8,9)(H,10,11);;/q;2*+1/p-2. The molecule has 0 aliphatic heterocycles. The maximum atomic E-state index is 10.2. The molecule has 1 aliphatic carbocycles. The van der Waals surface area contributed by atoms with E-state index in [-0.39, 0.29) is 109 Å². The van der Waals surface area contributed by atoms with Crippen LogP contribution < -0.4 is 113 Å². The van der Waals surface area contributed by atoms with Crippen LogP contribution in [-0.4, -0.2) is 11.9 Å². The minimum Gasteiger partial charge on any atom is -0.550 e. The van der Waals surface area contributed by atoms with Gasteiger partial charge in [-0.1, -0.05) is 0 Å². The third-order valence-corrected chi connectivity index (χ3v) is 2.10. The molecule has 2 atom stereocenters. The second-order valence-electron chi connectivity index (χ2n) is 2.84. The van der Waals surface area contributed by atoms with Crippen LogP contribution in [-0.2, 0) is 9.59 Å². The molecule has 13 heavy (non-hydrogen) atoms. The van der Waals surface area contributed by atoms with Gasteiger partial charge in [0, 0.05) is 11.9 Å². The number of hydrogen-bond donors (Lipinski definition) is 0. The average molecular weight is 234 g/mol. The molecule has 1 saturated carbocycles. The second kappa shape index (κ2) is 8.37. The van der Waals surface area contributed by atoms with E-state index < -0.39 is 23.8 Å². The summed E-state index contributed by atoms with van der Waals surface area (Å²) in [6, 6.07) is 0. The van der Waals surface area contributed by atoms with E-state index in [1.165, 1.54) is 0 Å². The quantitative estimate of drug-likeness (QED) is 0.444. The topological polar surface area (TPSA) is 80.3 Å². The van der Waals surface area contributed by atoms with Gasteiger partial charge in [0.15, 0.2) is 0 Å². The summed E-state index contributed by atoms with van der Waals surface area (Å²) in [5, 5.41) is 20.5. The van der Waals surface area contributed by atoms with Crippen LogP contribution in [0, 0.1) is 11.8 Å². The zero-order chi connectivity index (χ0) is 8.43. The van der Waals surface area contributed by atoms with Crippen molar-refractivity contribution in [2.75, 3.05) is 0 Å². The first-order valence-electron chi connectivity index (χ1n) is 3.53. The van der Waals surface area contributed by atoms with Crippen LogP contribution in [0.2, 0.25) is 0 Å². The molecule has 6 heteroatoms. The Kier molecular flexibility index (Phi) is 11.3. The van der Waals surface area contributed by atoms with Gasteiger partial charge >= 0.3 is 103 Å². The molecular formula is C7H8K2O4. The number of hydrogen-bond acceptors (Lipinski definition) is 4. The van der Waals surface area contributed by atoms with Crippen LogP contribution in [0.3, 0.4) is 0 Å². The van der Waals surface area contributed by atoms with Crippen molar-refractivity contribution >= 4 is 11.9 Å². The molecule has 0 radical (unpaired) electrons. The first-order chi connectivity index (χ1) is 5.11. The minimum atomic E-state index is -1.14. The van der Waals surface area contributed by atoms with Gasteiger partial charge in [0.05, 0.1) is 0 Å². The van der Waals surface area contributed by atoms with Crippen molar-refractivity contribution in [2.45, 2.75) is 19.3 Å². The number of carboxylic acids is 2. The van der Waals surface area contributed by atoms with E-state index in [0.29, 0.717) is 12.8 Å². The van der Waals surface area contributed by atoms with Gasteiger partial charge in [-0.3, -0.25) is 0 Å². The first kappa shape index (κ1) is 17.6. The summed E-state index contributed by atoms with van der Waals surface area (Å²) >= 11 is 0. The van der Waals surface area contributed by atoms with Crippen LogP contribution in [0.5, 0.6) is 0 Å². The fraction of sp³-hybridized carbons (Fsp3) is 0.714. The fourth-order valence-electron chi connectivity index (χ4n) is 1.41. The third kappa shape index (κ3) is 5.74. The van der Waals surface area contributed by atoms with Gasteiger partial charge in [0.25, 0.3) is 0 Å². The molecule has 0 aromatic rings. The molecular weight excluding hydrogens is 226 g/mol. The number of carbonyl (C=O) groups is 2. The van der Waals surface area contributed by atoms with Gasteiger partial charge in [0.1, 0.15) is 0 Å². The predicted molar refractivity (Wildman–Crippen MR) is 30.8 cm³/mol. The van der Waals surface area contributed by atoms with Gasteiger partial charge in [0.2, 0.25) is 0 Å². The zero-order valence-electron chi connectivity index (χ0n) is 7.91. The summed E-state index contributed by atoms with van der Waals surface area (Å²) in [6.07, 6.45) is 0.979. The molecule has 0 N–H and O–H groups in total. The SMILES string of the molecule is O=C([O-])C1CCC(C(=O)[O-])C1.[K+].[K+]. The molecule has 0 heterocycles. The molecule has 62 valence electrons. The number of aliphatic carboxylic acids is 2. The summed E-state index contributed by atoms with van der Waals surface area (Å²) in [7, 11) is 0. The first-order valence-corrected chi connectivity index (χ1v) is 3.53. The van der Waals surface area contributed by atoms with Crippen molar-refractivity contribution in [1.82, 2.24) is 0 Å². The van der Waals surface area contributed by atoms with Gasteiger partial charge < -0.3 is 19.8 Å². The van der Waals surface area contributed by atoms with Gasteiger partial charge in [-0.2, -0.15) is 0 Å². The zero-order valence-corrected chi connectivity index (χ0v) is 14.2. The molecule has 0 spiro atoms. The summed E-state index contributed by atoms with van der Waals surface area (Å²) in [4.78, 5) is 20.5. The normalized spacial score (nSPS) is 25.5. The van der Waals surface area contributed by atoms with E-state index in [4.69, 9.17) is 0 Å². The molecule has 0 saturated heterocycles. The van der Waals surface area contributed by atoms with E-state index in [1.807, 2.05) is 0 Å². The Morgan fingerprint density at radius 2 is 1.23 bits per heavy atom. The summed E-state index contributed by atoms with van der Waals surface area (Å²) in [6.45, 7) is 0. The van der Waals surface area contributed by atoms with Crippen molar-refractivity contribution in [1.29, 1.82) is 0 Å². The van der Waals surface area contributed by atoms with Crippen molar-refractivity contribution in [3.63, 3.8) is 0 Å². The van der Waals surface area contributed by atoms with Crippen molar-refractivity contribution in [3.05, 3.63) is 0 Å². The van der Waals surface area contributed by atoms with Gasteiger partial charge in [-0.05, 0) is 31.1 Å². The van der Waals surface area contributed by atoms with Crippen LogP contribution in [0.25, 0.3) is 0 Å². The van der Waals surface area contributed by atoms with Crippen molar-refractivity contribution in [3.8, 4) is 0 Å². The van der Waals surface area contributed by atoms with Crippen molar-refractivity contribution < 1.29 is 123 Å². The Morgan fingerprint density at radius 3 is 1.38 bits per heavy atom. The second-order valence-corrected chi connectivity index (χ2v) is 2.84. The minimum absolute atomic E-state index is 0. The Balaban J connectivity index is 0. The smallest absolute Gasteiger partial charge is 0.550 e. The molecule has 2 unspecified atom stereocenters. The largest absolute Gasteiger partial charge is 1.00 e. The molecule has 0 amide bonds. The molecule has 0 aromatic carbocycles. The average Bonchev–Trinajstić information content (AvgIpc) is 2.33. The van der Waals surface area contributed by atoms with E-state index in [0.717, 1.165) is 0 Å². The third-order valence-electron chi connectivity index (χ3n) is 2.10. The Hall–Kier alpha value is 2.21. The molecule has 4 nitrogen and oxygen atoms in total. The molecule has 0 bridgehead atoms. The Bertz CT molecular complexity index is 175. The Morgan fingerprint density at radius 1 is 0.923 bits per heavy atom. The van der Waals surface area contributed by atoms with Gasteiger partial charge in [-0.25, -0.2) is 0 Å². The summed E-state index contributed by atoms with van der Waals surface area (Å²) in [5.41, 5.74) is 0. The van der Waals surface area contributed by atoms with Crippen LogP contribution in [0.1, 0.15) is 19.3 Å². The molecule has 0 aromatic heterocycles. The monoisotopic (exact) mass is 234 g/mol. The van der Waals surface area contributed by atoms with E-state index in [1.54, 1.807) is 0 Å². The molecule has 1 rings (SSSR count). The van der Waals surface area contributed by atoms with Crippen molar-refractivity contribution in [2.24, 2.45) is 11.8 Å². The van der Waals surface area contributed by atoms with Crippen LogP contribution in [0.15, 0.2) is 0 Å². The molecule has 1 aliphatic rings. The number of carbonyl (C=O) groups excluding carboxylic acids is 2.